The molecule has 0 bridgehead atoms. The van der Waals surface area contributed by atoms with Crippen LogP contribution in [-0.2, 0) is 11.2 Å². The first kappa shape index (κ1) is 12.7. The van der Waals surface area contributed by atoms with Crippen molar-refractivity contribution in [2.45, 2.75) is 32.3 Å². The molecular weight excluding hydrogens is 208 g/mol. The van der Waals surface area contributed by atoms with Gasteiger partial charge in [-0.2, -0.15) is 11.3 Å². The fourth-order valence-corrected chi connectivity index (χ4v) is 2.41. The first-order valence-electron chi connectivity index (χ1n) is 5.40. The molecule has 2 unspecified atom stereocenters. The highest BCUT2D eigenvalue weighted by atomic mass is 32.1. The van der Waals surface area contributed by atoms with Crippen LogP contribution in [0.3, 0.4) is 0 Å². The molecule has 0 fully saturated rings. The number of methoxy groups -OCH3 is 1. The molecule has 0 amide bonds. The van der Waals surface area contributed by atoms with E-state index in [0.717, 1.165) is 25.9 Å². The van der Waals surface area contributed by atoms with E-state index in [4.69, 9.17) is 4.74 Å². The largest absolute Gasteiger partial charge is 0.393 e. The molecule has 15 heavy (non-hydrogen) atoms. The van der Waals surface area contributed by atoms with Crippen molar-refractivity contribution >= 4 is 11.3 Å². The Labute approximate surface area is 95.9 Å². The minimum Gasteiger partial charge on any atom is -0.393 e. The standard InChI is InChI=1S/C12H20O2S/c1-10(8-14-2)7-12(13)4-3-11-5-6-15-9-11/h5-6,9-10,12-13H,3-4,7-8H2,1-2H3. The Bertz CT molecular complexity index is 246. The monoisotopic (exact) mass is 228 g/mol. The second-order valence-corrected chi connectivity index (χ2v) is 4.90. The van der Waals surface area contributed by atoms with E-state index in [2.05, 4.69) is 23.8 Å². The van der Waals surface area contributed by atoms with Crippen LogP contribution in [0.15, 0.2) is 16.8 Å². The predicted octanol–water partition coefficient (Wildman–Crippen LogP) is 2.71. The molecular formula is C12H20O2S. The van der Waals surface area contributed by atoms with Crippen molar-refractivity contribution in [3.63, 3.8) is 0 Å². The van der Waals surface area contributed by atoms with Gasteiger partial charge in [-0.3, -0.25) is 0 Å². The lowest BCUT2D eigenvalue weighted by Gasteiger charge is -2.15. The topological polar surface area (TPSA) is 29.5 Å². The van der Waals surface area contributed by atoms with Crippen LogP contribution in [0.4, 0.5) is 0 Å². The molecule has 1 aromatic rings. The van der Waals surface area contributed by atoms with Gasteiger partial charge in [0.2, 0.25) is 0 Å². The second-order valence-electron chi connectivity index (χ2n) is 4.12. The van der Waals surface area contributed by atoms with Crippen molar-refractivity contribution in [2.24, 2.45) is 5.92 Å². The summed E-state index contributed by atoms with van der Waals surface area (Å²) in [6, 6.07) is 2.12. The summed E-state index contributed by atoms with van der Waals surface area (Å²) in [5, 5.41) is 14.0. The van der Waals surface area contributed by atoms with E-state index in [1.54, 1.807) is 18.4 Å². The number of aliphatic hydroxyl groups excluding tert-OH is 1. The van der Waals surface area contributed by atoms with Crippen molar-refractivity contribution in [1.82, 2.24) is 0 Å². The molecule has 2 atom stereocenters. The van der Waals surface area contributed by atoms with Crippen LogP contribution in [-0.4, -0.2) is 24.9 Å². The molecule has 0 aromatic carbocycles. The molecule has 0 aliphatic heterocycles. The van der Waals surface area contributed by atoms with Crippen molar-refractivity contribution in [1.29, 1.82) is 0 Å². The Morgan fingerprint density at radius 1 is 1.53 bits per heavy atom. The average Bonchev–Trinajstić information content (AvgIpc) is 2.67. The molecule has 3 heteroatoms. The molecule has 86 valence electrons. The molecule has 1 rings (SSSR count). The highest BCUT2D eigenvalue weighted by molar-refractivity contribution is 7.07. The van der Waals surface area contributed by atoms with E-state index in [1.165, 1.54) is 5.56 Å². The maximum atomic E-state index is 9.79. The minimum atomic E-state index is -0.199. The van der Waals surface area contributed by atoms with Crippen LogP contribution in [0.1, 0.15) is 25.3 Å². The number of rotatable bonds is 7. The SMILES string of the molecule is COCC(C)CC(O)CCc1ccsc1. The summed E-state index contributed by atoms with van der Waals surface area (Å²) in [4.78, 5) is 0. The van der Waals surface area contributed by atoms with Crippen LogP contribution in [0.25, 0.3) is 0 Å². The Morgan fingerprint density at radius 3 is 2.93 bits per heavy atom. The van der Waals surface area contributed by atoms with Crippen molar-refractivity contribution < 1.29 is 9.84 Å². The number of aryl methyl sites for hydroxylation is 1. The number of hydrogen-bond donors (Lipinski definition) is 1. The van der Waals surface area contributed by atoms with Crippen LogP contribution < -0.4 is 0 Å². The van der Waals surface area contributed by atoms with Gasteiger partial charge in [-0.15, -0.1) is 0 Å². The predicted molar refractivity (Wildman–Crippen MR) is 64.3 cm³/mol. The lowest BCUT2D eigenvalue weighted by Crippen LogP contribution is -2.15. The fraction of sp³-hybridized carbons (Fsp3) is 0.667. The Hall–Kier alpha value is -0.380. The van der Waals surface area contributed by atoms with Gasteiger partial charge in [0.05, 0.1) is 6.10 Å². The number of aliphatic hydroxyl groups is 1. The lowest BCUT2D eigenvalue weighted by molar-refractivity contribution is 0.0967. The van der Waals surface area contributed by atoms with Gasteiger partial charge in [0.25, 0.3) is 0 Å². The lowest BCUT2D eigenvalue weighted by atomic mass is 10.00. The van der Waals surface area contributed by atoms with Gasteiger partial charge in [0.1, 0.15) is 0 Å². The van der Waals surface area contributed by atoms with Crippen molar-refractivity contribution in [2.75, 3.05) is 13.7 Å². The third kappa shape index (κ3) is 5.30. The quantitative estimate of drug-likeness (QED) is 0.777. The first-order valence-corrected chi connectivity index (χ1v) is 6.34. The third-order valence-corrected chi connectivity index (χ3v) is 3.20. The van der Waals surface area contributed by atoms with Crippen LogP contribution in [0, 0.1) is 5.92 Å². The van der Waals surface area contributed by atoms with Gasteiger partial charge < -0.3 is 9.84 Å². The average molecular weight is 228 g/mol. The van der Waals surface area contributed by atoms with Gasteiger partial charge in [0.15, 0.2) is 0 Å². The summed E-state index contributed by atoms with van der Waals surface area (Å²) in [6.07, 6.45) is 2.46. The zero-order valence-electron chi connectivity index (χ0n) is 9.48. The Balaban J connectivity index is 2.15. The van der Waals surface area contributed by atoms with E-state index in [-0.39, 0.29) is 6.10 Å². The van der Waals surface area contributed by atoms with E-state index in [0.29, 0.717) is 5.92 Å². The second kappa shape index (κ2) is 6.99. The molecule has 1 aromatic heterocycles. The zero-order valence-corrected chi connectivity index (χ0v) is 10.3. The molecule has 0 saturated heterocycles. The Kier molecular flexibility index (Phi) is 5.91. The van der Waals surface area contributed by atoms with Crippen LogP contribution >= 0.6 is 11.3 Å². The van der Waals surface area contributed by atoms with E-state index in [9.17, 15) is 5.11 Å². The van der Waals surface area contributed by atoms with Crippen molar-refractivity contribution in [3.8, 4) is 0 Å². The van der Waals surface area contributed by atoms with E-state index < -0.39 is 0 Å². The third-order valence-electron chi connectivity index (χ3n) is 2.47. The van der Waals surface area contributed by atoms with E-state index >= 15 is 0 Å². The van der Waals surface area contributed by atoms with Gasteiger partial charge >= 0.3 is 0 Å². The Morgan fingerprint density at radius 2 is 2.33 bits per heavy atom. The van der Waals surface area contributed by atoms with Gasteiger partial charge in [-0.1, -0.05) is 6.92 Å². The van der Waals surface area contributed by atoms with Crippen LogP contribution in [0.2, 0.25) is 0 Å². The van der Waals surface area contributed by atoms with Gasteiger partial charge in [0, 0.05) is 13.7 Å². The normalized spacial score (nSPS) is 15.1. The molecule has 0 radical (unpaired) electrons. The highest BCUT2D eigenvalue weighted by Crippen LogP contribution is 2.14. The first-order chi connectivity index (χ1) is 7.22. The fourth-order valence-electron chi connectivity index (χ4n) is 1.70. The minimum absolute atomic E-state index is 0.199. The summed E-state index contributed by atoms with van der Waals surface area (Å²) in [5.74, 6) is 0.437. The molecule has 0 saturated carbocycles. The molecule has 0 aliphatic rings. The maximum absolute atomic E-state index is 9.79. The highest BCUT2D eigenvalue weighted by Gasteiger charge is 2.10. The van der Waals surface area contributed by atoms with Crippen molar-refractivity contribution in [3.05, 3.63) is 22.4 Å². The van der Waals surface area contributed by atoms with Crippen LogP contribution in [0.5, 0.6) is 0 Å². The number of ether oxygens (including phenoxy) is 1. The molecule has 1 N–H and O–H groups in total. The molecule has 1 heterocycles. The maximum Gasteiger partial charge on any atom is 0.0546 e. The molecule has 2 nitrogen and oxygen atoms in total. The molecule has 0 spiro atoms. The summed E-state index contributed by atoms with van der Waals surface area (Å²) in [6.45, 7) is 2.84. The summed E-state index contributed by atoms with van der Waals surface area (Å²) >= 11 is 1.71. The van der Waals surface area contributed by atoms with Gasteiger partial charge in [-0.05, 0) is 47.6 Å². The summed E-state index contributed by atoms with van der Waals surface area (Å²) in [7, 11) is 1.70. The number of hydrogen-bond acceptors (Lipinski definition) is 3. The smallest absolute Gasteiger partial charge is 0.0546 e. The van der Waals surface area contributed by atoms with E-state index in [1.807, 2.05) is 0 Å². The zero-order chi connectivity index (χ0) is 11.1. The van der Waals surface area contributed by atoms with Gasteiger partial charge in [-0.25, -0.2) is 0 Å². The summed E-state index contributed by atoms with van der Waals surface area (Å²) in [5.41, 5.74) is 1.33. The summed E-state index contributed by atoms with van der Waals surface area (Å²) < 4.78 is 5.05. The molecule has 0 aliphatic carbocycles. The number of thiophene rings is 1.